The maximum Gasteiger partial charge on any atom is 0.214 e. The minimum atomic E-state index is -3.62. The zero-order valence-electron chi connectivity index (χ0n) is 9.74. The van der Waals surface area contributed by atoms with Gasteiger partial charge in [0.25, 0.3) is 0 Å². The number of hydrogen-bond donors (Lipinski definition) is 2. The summed E-state index contributed by atoms with van der Waals surface area (Å²) in [6, 6.07) is 0. The summed E-state index contributed by atoms with van der Waals surface area (Å²) in [4.78, 5) is 0. The molecule has 0 heterocycles. The maximum atomic E-state index is 11.7. The molecule has 7 nitrogen and oxygen atoms in total. The zero-order valence-corrected chi connectivity index (χ0v) is 11.4. The first kappa shape index (κ1) is 16.8. The molecule has 0 aromatic rings. The average Bonchev–Trinajstić information content (AvgIpc) is 2.15. The molecule has 0 aliphatic carbocycles. The molecule has 0 amide bonds. The molecule has 0 aromatic carbocycles. The SMILES string of the molecule is CS(=O)(=O)CCCS(=O)(=O)N(CCO)CCO. The smallest absolute Gasteiger partial charge is 0.214 e. The fourth-order valence-electron chi connectivity index (χ4n) is 1.25. The number of nitrogens with zero attached hydrogens (tertiary/aromatic N) is 1. The molecule has 0 radical (unpaired) electrons. The monoisotopic (exact) mass is 289 g/mol. The van der Waals surface area contributed by atoms with Gasteiger partial charge in [-0.3, -0.25) is 0 Å². The van der Waals surface area contributed by atoms with Crippen LogP contribution in [0.15, 0.2) is 0 Å². The van der Waals surface area contributed by atoms with Crippen LogP contribution in [0, 0.1) is 0 Å². The van der Waals surface area contributed by atoms with E-state index in [-0.39, 0.29) is 44.2 Å². The van der Waals surface area contributed by atoms with Crippen molar-refractivity contribution in [3.05, 3.63) is 0 Å². The lowest BCUT2D eigenvalue weighted by Gasteiger charge is -2.19. The molecule has 0 rings (SSSR count). The van der Waals surface area contributed by atoms with Crippen molar-refractivity contribution < 1.29 is 27.0 Å². The van der Waals surface area contributed by atoms with Gasteiger partial charge in [-0.05, 0) is 6.42 Å². The summed E-state index contributed by atoms with van der Waals surface area (Å²) in [5.74, 6) is -0.502. The molecule has 0 saturated carbocycles. The molecule has 9 heteroatoms. The third-order valence-electron chi connectivity index (χ3n) is 2.01. The van der Waals surface area contributed by atoms with Gasteiger partial charge in [-0.1, -0.05) is 0 Å². The van der Waals surface area contributed by atoms with E-state index in [9.17, 15) is 16.8 Å². The quantitative estimate of drug-likeness (QED) is 0.509. The van der Waals surface area contributed by atoms with Gasteiger partial charge in [0, 0.05) is 19.3 Å². The van der Waals surface area contributed by atoms with Crippen molar-refractivity contribution in [2.24, 2.45) is 0 Å². The summed E-state index contributed by atoms with van der Waals surface area (Å²) in [5, 5.41) is 17.4. The van der Waals surface area contributed by atoms with Gasteiger partial charge in [0.2, 0.25) is 10.0 Å². The van der Waals surface area contributed by atoms with Crippen LogP contribution in [0.5, 0.6) is 0 Å². The van der Waals surface area contributed by atoms with E-state index in [4.69, 9.17) is 10.2 Å². The lowest BCUT2D eigenvalue weighted by molar-refractivity contribution is 0.217. The van der Waals surface area contributed by atoms with Crippen LogP contribution < -0.4 is 0 Å². The van der Waals surface area contributed by atoms with E-state index in [1.54, 1.807) is 0 Å². The Morgan fingerprint density at radius 2 is 1.41 bits per heavy atom. The minimum absolute atomic E-state index is 0.00846. The fourth-order valence-corrected chi connectivity index (χ4v) is 3.58. The molecule has 104 valence electrons. The van der Waals surface area contributed by atoms with E-state index in [2.05, 4.69) is 0 Å². The van der Waals surface area contributed by atoms with Crippen LogP contribution in [0.4, 0.5) is 0 Å². The van der Waals surface area contributed by atoms with Crippen molar-refractivity contribution in [3.8, 4) is 0 Å². The molecule has 0 saturated heterocycles. The van der Waals surface area contributed by atoms with Crippen molar-refractivity contribution >= 4 is 19.9 Å². The Morgan fingerprint density at radius 3 is 1.76 bits per heavy atom. The lowest BCUT2D eigenvalue weighted by Crippen LogP contribution is -2.37. The van der Waals surface area contributed by atoms with E-state index < -0.39 is 19.9 Å². The van der Waals surface area contributed by atoms with E-state index >= 15 is 0 Å². The predicted molar refractivity (Wildman–Crippen MR) is 63.9 cm³/mol. The van der Waals surface area contributed by atoms with E-state index in [1.807, 2.05) is 0 Å². The third-order valence-corrected chi connectivity index (χ3v) is 5.00. The second-order valence-corrected chi connectivity index (χ2v) is 7.99. The van der Waals surface area contributed by atoms with Crippen molar-refractivity contribution in [2.75, 3.05) is 44.1 Å². The minimum Gasteiger partial charge on any atom is -0.395 e. The van der Waals surface area contributed by atoms with Gasteiger partial charge in [-0.2, -0.15) is 4.31 Å². The normalized spacial score (nSPS) is 13.2. The molecule has 0 bridgehead atoms. The molecule has 0 aliphatic heterocycles. The molecule has 0 fully saturated rings. The van der Waals surface area contributed by atoms with Gasteiger partial charge in [-0.25, -0.2) is 16.8 Å². The summed E-state index contributed by atoms with van der Waals surface area (Å²) < 4.78 is 46.1. The largest absolute Gasteiger partial charge is 0.395 e. The number of rotatable bonds is 9. The first-order valence-corrected chi connectivity index (χ1v) is 8.77. The molecule has 0 atom stereocenters. The molecule has 17 heavy (non-hydrogen) atoms. The Kier molecular flexibility index (Phi) is 7.17. The number of hydrogen-bond acceptors (Lipinski definition) is 6. The second kappa shape index (κ2) is 7.27. The van der Waals surface area contributed by atoms with Crippen LogP contribution in [0.1, 0.15) is 6.42 Å². The predicted octanol–water partition coefficient (Wildman–Crippen LogP) is -1.96. The van der Waals surface area contributed by atoms with Crippen LogP contribution in [-0.4, -0.2) is 75.4 Å². The molecular formula is C8H19NO6S2. The van der Waals surface area contributed by atoms with Crippen molar-refractivity contribution in [1.29, 1.82) is 0 Å². The molecule has 0 aromatic heterocycles. The van der Waals surface area contributed by atoms with Crippen molar-refractivity contribution in [2.45, 2.75) is 6.42 Å². The second-order valence-electron chi connectivity index (χ2n) is 3.65. The van der Waals surface area contributed by atoms with E-state index in [0.29, 0.717) is 0 Å². The number of sulfonamides is 1. The van der Waals surface area contributed by atoms with Crippen LogP contribution >= 0.6 is 0 Å². The van der Waals surface area contributed by atoms with Gasteiger partial charge >= 0.3 is 0 Å². The summed E-state index contributed by atoms with van der Waals surface area (Å²) in [5.41, 5.74) is 0. The van der Waals surface area contributed by atoms with E-state index in [1.165, 1.54) is 0 Å². The van der Waals surface area contributed by atoms with Crippen LogP contribution in [0.25, 0.3) is 0 Å². The first-order chi connectivity index (χ1) is 7.73. The first-order valence-electron chi connectivity index (χ1n) is 5.10. The molecule has 0 unspecified atom stereocenters. The molecule has 0 spiro atoms. The highest BCUT2D eigenvalue weighted by molar-refractivity contribution is 7.91. The Morgan fingerprint density at radius 1 is 0.941 bits per heavy atom. The maximum absolute atomic E-state index is 11.7. The van der Waals surface area contributed by atoms with Gasteiger partial charge in [0.05, 0.1) is 24.7 Å². The summed E-state index contributed by atoms with van der Waals surface area (Å²) >= 11 is 0. The van der Waals surface area contributed by atoms with Crippen LogP contribution in [0.3, 0.4) is 0 Å². The number of aliphatic hydroxyl groups is 2. The summed E-state index contributed by atoms with van der Waals surface area (Å²) in [7, 11) is -6.80. The standard InChI is InChI=1S/C8H19NO6S2/c1-16(12,13)7-2-8-17(14,15)9(3-5-10)4-6-11/h10-11H,2-8H2,1H3. The molecular weight excluding hydrogens is 270 g/mol. The topological polar surface area (TPSA) is 112 Å². The molecule has 0 aliphatic rings. The number of aliphatic hydroxyl groups excluding tert-OH is 2. The summed E-state index contributed by atoms with van der Waals surface area (Å²) in [6.07, 6.45) is 1.05. The number of sulfone groups is 1. The fraction of sp³-hybridized carbons (Fsp3) is 1.00. The highest BCUT2D eigenvalue weighted by Crippen LogP contribution is 2.04. The zero-order chi connectivity index (χ0) is 13.5. The van der Waals surface area contributed by atoms with Crippen molar-refractivity contribution in [1.82, 2.24) is 4.31 Å². The Bertz CT molecular complexity index is 396. The summed E-state index contributed by atoms with van der Waals surface area (Å²) in [6.45, 7) is -0.875. The van der Waals surface area contributed by atoms with Gasteiger partial charge in [-0.15, -0.1) is 0 Å². The van der Waals surface area contributed by atoms with Gasteiger partial charge in [0.15, 0.2) is 0 Å². The Balaban J connectivity index is 4.42. The van der Waals surface area contributed by atoms with Gasteiger partial charge in [0.1, 0.15) is 9.84 Å². The van der Waals surface area contributed by atoms with Crippen LogP contribution in [0.2, 0.25) is 0 Å². The Labute approximate surface area is 102 Å². The van der Waals surface area contributed by atoms with Crippen LogP contribution in [-0.2, 0) is 19.9 Å². The third kappa shape index (κ3) is 7.66. The van der Waals surface area contributed by atoms with Gasteiger partial charge < -0.3 is 10.2 Å². The van der Waals surface area contributed by atoms with E-state index in [0.717, 1.165) is 10.6 Å². The average molecular weight is 289 g/mol. The highest BCUT2D eigenvalue weighted by atomic mass is 32.2. The highest BCUT2D eigenvalue weighted by Gasteiger charge is 2.21. The molecule has 2 N–H and O–H groups in total. The Hall–Kier alpha value is -0.220. The lowest BCUT2D eigenvalue weighted by atomic mass is 10.6. The van der Waals surface area contributed by atoms with Crippen molar-refractivity contribution in [3.63, 3.8) is 0 Å².